The number of aliphatic carboxylic acids is 1. The molecule has 0 saturated heterocycles. The zero-order chi connectivity index (χ0) is 8.97. The summed E-state index contributed by atoms with van der Waals surface area (Å²) in [6.07, 6.45) is 3.19. The van der Waals surface area contributed by atoms with Gasteiger partial charge in [-0.15, -0.1) is 0 Å². The molecule has 0 bridgehead atoms. The van der Waals surface area contributed by atoms with Gasteiger partial charge < -0.3 is 10.8 Å². The molecule has 0 heterocycles. The number of rotatable bonds is 6. The van der Waals surface area contributed by atoms with Gasteiger partial charge >= 0.3 is 5.97 Å². The lowest BCUT2D eigenvalue weighted by atomic mass is 10.3. The van der Waals surface area contributed by atoms with E-state index in [1.807, 2.05) is 4.90 Å². The normalized spacial score (nSPS) is 16.8. The third kappa shape index (κ3) is 3.19. The standard InChI is InChI=1S/C8H16N2O2/c9-4-1-5-10(6-8(11)12)7-2-3-7/h7H,1-6,9H2,(H,11,12). The minimum Gasteiger partial charge on any atom is -0.480 e. The zero-order valence-electron chi connectivity index (χ0n) is 7.20. The molecule has 12 heavy (non-hydrogen) atoms. The highest BCUT2D eigenvalue weighted by atomic mass is 16.4. The van der Waals surface area contributed by atoms with Crippen LogP contribution in [0.2, 0.25) is 0 Å². The van der Waals surface area contributed by atoms with Gasteiger partial charge in [-0.3, -0.25) is 9.69 Å². The molecule has 0 aromatic rings. The second kappa shape index (κ2) is 4.42. The number of carboxylic acid groups (broad SMARTS) is 1. The van der Waals surface area contributed by atoms with Gasteiger partial charge in [0.25, 0.3) is 0 Å². The number of hydrogen-bond acceptors (Lipinski definition) is 3. The first-order chi connectivity index (χ1) is 5.74. The second-order valence-corrected chi connectivity index (χ2v) is 3.24. The minimum absolute atomic E-state index is 0.171. The van der Waals surface area contributed by atoms with E-state index in [4.69, 9.17) is 10.8 Å². The van der Waals surface area contributed by atoms with E-state index in [-0.39, 0.29) is 6.54 Å². The molecule has 70 valence electrons. The second-order valence-electron chi connectivity index (χ2n) is 3.24. The molecule has 1 saturated carbocycles. The average Bonchev–Trinajstić information content (AvgIpc) is 2.79. The molecule has 0 aromatic heterocycles. The van der Waals surface area contributed by atoms with E-state index < -0.39 is 5.97 Å². The third-order valence-electron chi connectivity index (χ3n) is 2.05. The first-order valence-electron chi connectivity index (χ1n) is 4.40. The SMILES string of the molecule is NCCCN(CC(=O)O)C1CC1. The molecule has 4 heteroatoms. The Morgan fingerprint density at radius 2 is 2.25 bits per heavy atom. The molecule has 1 fully saturated rings. The van der Waals surface area contributed by atoms with Crippen LogP contribution in [0, 0.1) is 0 Å². The van der Waals surface area contributed by atoms with E-state index >= 15 is 0 Å². The van der Waals surface area contributed by atoms with Crippen molar-refractivity contribution in [2.75, 3.05) is 19.6 Å². The highest BCUT2D eigenvalue weighted by molar-refractivity contribution is 5.69. The van der Waals surface area contributed by atoms with Crippen molar-refractivity contribution >= 4 is 5.97 Å². The van der Waals surface area contributed by atoms with Crippen LogP contribution in [0.3, 0.4) is 0 Å². The van der Waals surface area contributed by atoms with Crippen molar-refractivity contribution in [1.29, 1.82) is 0 Å². The Labute approximate surface area is 72.3 Å². The lowest BCUT2D eigenvalue weighted by Crippen LogP contribution is -2.33. The minimum atomic E-state index is -0.737. The van der Waals surface area contributed by atoms with Crippen molar-refractivity contribution in [3.8, 4) is 0 Å². The van der Waals surface area contributed by atoms with Crippen LogP contribution in [-0.2, 0) is 4.79 Å². The van der Waals surface area contributed by atoms with Crippen molar-refractivity contribution in [3.63, 3.8) is 0 Å². The topological polar surface area (TPSA) is 66.6 Å². The number of hydrogen-bond donors (Lipinski definition) is 2. The lowest BCUT2D eigenvalue weighted by molar-refractivity contribution is -0.138. The Morgan fingerprint density at radius 1 is 1.58 bits per heavy atom. The number of nitrogens with two attached hydrogens (primary N) is 1. The first-order valence-corrected chi connectivity index (χ1v) is 4.40. The molecule has 1 rings (SSSR count). The number of carboxylic acids is 1. The van der Waals surface area contributed by atoms with E-state index in [0.29, 0.717) is 12.6 Å². The van der Waals surface area contributed by atoms with E-state index in [1.54, 1.807) is 0 Å². The summed E-state index contributed by atoms with van der Waals surface area (Å²) >= 11 is 0. The van der Waals surface area contributed by atoms with Gasteiger partial charge in [-0.05, 0) is 25.8 Å². The molecule has 1 aliphatic rings. The molecule has 0 amide bonds. The van der Waals surface area contributed by atoms with Crippen molar-refractivity contribution in [2.24, 2.45) is 5.73 Å². The highest BCUT2D eigenvalue weighted by Gasteiger charge is 2.29. The predicted molar refractivity (Wildman–Crippen MR) is 45.9 cm³/mol. The highest BCUT2D eigenvalue weighted by Crippen LogP contribution is 2.26. The molecular weight excluding hydrogens is 156 g/mol. The van der Waals surface area contributed by atoms with Gasteiger partial charge in [-0.25, -0.2) is 0 Å². The van der Waals surface area contributed by atoms with Crippen LogP contribution in [0.5, 0.6) is 0 Å². The van der Waals surface area contributed by atoms with Gasteiger partial charge in [0.1, 0.15) is 0 Å². The third-order valence-corrected chi connectivity index (χ3v) is 2.05. The maximum Gasteiger partial charge on any atom is 0.317 e. The Kier molecular flexibility index (Phi) is 3.49. The fraction of sp³-hybridized carbons (Fsp3) is 0.875. The summed E-state index contributed by atoms with van der Waals surface area (Å²) in [7, 11) is 0. The van der Waals surface area contributed by atoms with Crippen LogP contribution in [0.15, 0.2) is 0 Å². The maximum absolute atomic E-state index is 10.4. The summed E-state index contributed by atoms with van der Waals surface area (Å²) in [5.74, 6) is -0.737. The van der Waals surface area contributed by atoms with Gasteiger partial charge in [-0.1, -0.05) is 0 Å². The number of nitrogens with zero attached hydrogens (tertiary/aromatic N) is 1. The Morgan fingerprint density at radius 3 is 2.67 bits per heavy atom. The molecule has 0 aliphatic heterocycles. The maximum atomic E-state index is 10.4. The number of carbonyl (C=O) groups is 1. The molecule has 0 unspecified atom stereocenters. The van der Waals surface area contributed by atoms with Crippen molar-refractivity contribution in [1.82, 2.24) is 4.90 Å². The van der Waals surface area contributed by atoms with Gasteiger partial charge in [0.15, 0.2) is 0 Å². The molecule has 3 N–H and O–H groups in total. The fourth-order valence-electron chi connectivity index (χ4n) is 1.30. The average molecular weight is 172 g/mol. The molecule has 0 spiro atoms. The van der Waals surface area contributed by atoms with Crippen LogP contribution < -0.4 is 5.73 Å². The molecule has 1 aliphatic carbocycles. The van der Waals surface area contributed by atoms with E-state index in [2.05, 4.69) is 0 Å². The van der Waals surface area contributed by atoms with Crippen molar-refractivity contribution in [2.45, 2.75) is 25.3 Å². The molecule has 4 nitrogen and oxygen atoms in total. The quantitative estimate of drug-likeness (QED) is 0.586. The van der Waals surface area contributed by atoms with Gasteiger partial charge in [0.2, 0.25) is 0 Å². The van der Waals surface area contributed by atoms with E-state index in [0.717, 1.165) is 25.8 Å². The van der Waals surface area contributed by atoms with Crippen LogP contribution in [0.1, 0.15) is 19.3 Å². The van der Waals surface area contributed by atoms with Crippen molar-refractivity contribution in [3.05, 3.63) is 0 Å². The Balaban J connectivity index is 2.22. The van der Waals surface area contributed by atoms with Crippen LogP contribution in [0.4, 0.5) is 0 Å². The van der Waals surface area contributed by atoms with Gasteiger partial charge in [0.05, 0.1) is 6.54 Å². The molecular formula is C8H16N2O2. The van der Waals surface area contributed by atoms with E-state index in [9.17, 15) is 4.79 Å². The zero-order valence-corrected chi connectivity index (χ0v) is 7.20. The summed E-state index contributed by atoms with van der Waals surface area (Å²) in [6.45, 7) is 1.64. The summed E-state index contributed by atoms with van der Waals surface area (Å²) in [5, 5.41) is 8.59. The van der Waals surface area contributed by atoms with Crippen molar-refractivity contribution < 1.29 is 9.90 Å². The fourth-order valence-corrected chi connectivity index (χ4v) is 1.30. The largest absolute Gasteiger partial charge is 0.480 e. The monoisotopic (exact) mass is 172 g/mol. The molecule has 0 aromatic carbocycles. The van der Waals surface area contributed by atoms with E-state index in [1.165, 1.54) is 0 Å². The van der Waals surface area contributed by atoms with Crippen LogP contribution in [-0.4, -0.2) is 41.7 Å². The molecule has 0 radical (unpaired) electrons. The molecule has 0 atom stereocenters. The Hall–Kier alpha value is -0.610. The van der Waals surface area contributed by atoms with Crippen LogP contribution >= 0.6 is 0 Å². The first kappa shape index (κ1) is 9.48. The lowest BCUT2D eigenvalue weighted by Gasteiger charge is -2.18. The summed E-state index contributed by atoms with van der Waals surface area (Å²) in [4.78, 5) is 12.4. The summed E-state index contributed by atoms with van der Waals surface area (Å²) in [5.41, 5.74) is 5.35. The Bertz CT molecular complexity index is 157. The summed E-state index contributed by atoms with van der Waals surface area (Å²) in [6, 6.07) is 0.521. The predicted octanol–water partition coefficient (Wildman–Crippen LogP) is -0.116. The summed E-state index contributed by atoms with van der Waals surface area (Å²) < 4.78 is 0. The van der Waals surface area contributed by atoms with Gasteiger partial charge in [-0.2, -0.15) is 0 Å². The smallest absolute Gasteiger partial charge is 0.317 e. The van der Waals surface area contributed by atoms with Crippen LogP contribution in [0.25, 0.3) is 0 Å². The van der Waals surface area contributed by atoms with Gasteiger partial charge in [0, 0.05) is 12.6 Å².